The quantitative estimate of drug-likeness (QED) is 0.0211. The van der Waals surface area contributed by atoms with Crippen LogP contribution in [-0.4, -0.2) is 74.9 Å². The summed E-state index contributed by atoms with van der Waals surface area (Å²) < 4.78 is 34.8. The Balaban J connectivity index is 4.13. The van der Waals surface area contributed by atoms with Crippen molar-refractivity contribution in [3.05, 3.63) is 207 Å². The number of carbonyl (C=O) groups is 2. The Labute approximate surface area is 589 Å². The molecule has 0 rings (SSSR count). The maximum Gasteiger partial charge on any atom is 0.472 e. The second-order valence-corrected chi connectivity index (χ2v) is 27.0. The molecule has 0 aromatic rings. The fourth-order valence-electron chi connectivity index (χ4n) is 9.61. The van der Waals surface area contributed by atoms with Gasteiger partial charge in [0.2, 0.25) is 0 Å². The van der Waals surface area contributed by atoms with Crippen molar-refractivity contribution in [1.82, 2.24) is 0 Å². The Kier molecular flexibility index (Phi) is 69.7. The third kappa shape index (κ3) is 77.6. The lowest BCUT2D eigenvalue weighted by Crippen LogP contribution is -2.37. The highest BCUT2D eigenvalue weighted by Gasteiger charge is 2.27. The van der Waals surface area contributed by atoms with Gasteiger partial charge < -0.3 is 18.9 Å². The first-order chi connectivity index (χ1) is 47.0. The Morgan fingerprint density at radius 3 is 0.833 bits per heavy atom. The lowest BCUT2D eigenvalue weighted by Gasteiger charge is -2.24. The fourth-order valence-corrected chi connectivity index (χ4v) is 10.4. The minimum absolute atomic E-state index is 0.0192. The van der Waals surface area contributed by atoms with Crippen LogP contribution in [0.3, 0.4) is 0 Å². The van der Waals surface area contributed by atoms with Crippen molar-refractivity contribution in [2.24, 2.45) is 0 Å². The number of hydrogen-bond donors (Lipinski definition) is 1. The van der Waals surface area contributed by atoms with Crippen LogP contribution in [-0.2, 0) is 32.7 Å². The van der Waals surface area contributed by atoms with E-state index in [-0.39, 0.29) is 32.0 Å². The second-order valence-electron chi connectivity index (χ2n) is 25.6. The van der Waals surface area contributed by atoms with Crippen LogP contribution in [0.5, 0.6) is 0 Å². The van der Waals surface area contributed by atoms with E-state index < -0.39 is 26.5 Å². The largest absolute Gasteiger partial charge is 0.472 e. The number of nitrogens with zero attached hydrogens (tertiary/aromatic N) is 1. The zero-order chi connectivity index (χ0) is 69.7. The number of hydrogen-bond acceptors (Lipinski definition) is 7. The van der Waals surface area contributed by atoms with E-state index >= 15 is 0 Å². The van der Waals surface area contributed by atoms with E-state index in [0.717, 1.165) is 167 Å². The van der Waals surface area contributed by atoms with Gasteiger partial charge in [0.05, 0.1) is 27.7 Å². The molecule has 0 spiro atoms. The highest BCUT2D eigenvalue weighted by atomic mass is 31.2. The third-order valence-corrected chi connectivity index (χ3v) is 16.3. The van der Waals surface area contributed by atoms with E-state index in [1.807, 2.05) is 21.1 Å². The van der Waals surface area contributed by atoms with E-state index in [9.17, 15) is 19.0 Å². The van der Waals surface area contributed by atoms with Gasteiger partial charge in [-0.15, -0.1) is 0 Å². The van der Waals surface area contributed by atoms with Crippen molar-refractivity contribution >= 4 is 19.8 Å². The maximum absolute atomic E-state index is 12.9. The Morgan fingerprint density at radius 2 is 0.562 bits per heavy atom. The first-order valence-corrected chi connectivity index (χ1v) is 39.3. The van der Waals surface area contributed by atoms with E-state index in [2.05, 4.69) is 220 Å². The van der Waals surface area contributed by atoms with E-state index in [4.69, 9.17) is 18.5 Å². The summed E-state index contributed by atoms with van der Waals surface area (Å²) in [5, 5.41) is 0. The molecule has 0 saturated carbocycles. The van der Waals surface area contributed by atoms with Crippen molar-refractivity contribution in [3.8, 4) is 0 Å². The number of ether oxygens (including phenoxy) is 2. The van der Waals surface area contributed by atoms with E-state index in [1.165, 1.54) is 70.6 Å². The summed E-state index contributed by atoms with van der Waals surface area (Å²) in [6, 6.07) is 0. The number of esters is 2. The van der Waals surface area contributed by atoms with Crippen molar-refractivity contribution < 1.29 is 42.1 Å². The van der Waals surface area contributed by atoms with Crippen LogP contribution >= 0.6 is 7.82 Å². The molecule has 10 heteroatoms. The molecule has 1 N–H and O–H groups in total. The molecular weight excluding hydrogens is 1210 g/mol. The maximum atomic E-state index is 12.9. The minimum atomic E-state index is -4.41. The van der Waals surface area contributed by atoms with Crippen LogP contribution < -0.4 is 0 Å². The van der Waals surface area contributed by atoms with Crippen molar-refractivity contribution in [3.63, 3.8) is 0 Å². The predicted octanol–water partition coefficient (Wildman–Crippen LogP) is 25.4. The average molecular weight is 1350 g/mol. The van der Waals surface area contributed by atoms with Gasteiger partial charge in [0.25, 0.3) is 0 Å². The molecule has 0 aliphatic rings. The van der Waals surface area contributed by atoms with Crippen LogP contribution in [0.2, 0.25) is 0 Å². The van der Waals surface area contributed by atoms with Crippen LogP contribution in [0.25, 0.3) is 0 Å². The molecule has 0 bridgehead atoms. The summed E-state index contributed by atoms with van der Waals surface area (Å²) in [7, 11) is 1.45. The Morgan fingerprint density at radius 1 is 0.323 bits per heavy atom. The zero-order valence-electron chi connectivity index (χ0n) is 61.5. The van der Waals surface area contributed by atoms with Crippen LogP contribution in [0.1, 0.15) is 271 Å². The molecule has 540 valence electrons. The van der Waals surface area contributed by atoms with Gasteiger partial charge in [0, 0.05) is 12.8 Å². The molecule has 2 unspecified atom stereocenters. The molecule has 0 saturated heterocycles. The SMILES string of the molecule is CC/C=C\C/C=C\C/C=C\C/C=C\C/C=C\C/C=C\C/C=C\C/C=C\C/C=C\CCCCCCCCCCCC(=O)OC(COC(=O)CCCCCCCCCCCC/C=C\C/C=C\C/C=C\C/C=C\C/C=C\C/C=C\C/C=C\C/C=C\CC)COP(=O)(O)OCC[N+](C)(C)C. The standard InChI is InChI=1S/C86H138NO8P/c1-6-8-10-12-14-16-18-20-22-24-26-28-30-32-34-36-38-40-42-43-45-47-49-51-53-55-57-59-61-63-65-67-69-71-73-75-77-79-86(89)95-84(83-94-96(90,91)93-81-80-87(3,4)5)82-92-85(88)78-76-74-72-70-68-66-64-62-60-58-56-54-52-50-48-46-44-41-39-37-35-33-31-29-27-25-23-21-19-17-15-13-11-9-7-2/h8-11,14-17,20-23,26-29,32-35,38-41,43,45-46,48-49,51-52,54-55,57,84H,6-7,12-13,18-19,24-25,30-31,36-37,42,44,47,50,53,56,58-83H2,1-5H3/p+1/b10-8-,11-9-,16-14-,17-15-,22-20-,23-21-,28-26-,29-27-,34-32-,35-33-,40-38-,41-39-,45-43-,48-46-,51-49-,54-52-,57-55-. The van der Waals surface area contributed by atoms with Crippen molar-refractivity contribution in [2.75, 3.05) is 47.5 Å². The highest BCUT2D eigenvalue weighted by Crippen LogP contribution is 2.43. The predicted molar refractivity (Wildman–Crippen MR) is 417 cm³/mol. The summed E-state index contributed by atoms with van der Waals surface area (Å²) in [6.07, 6.45) is 116. The second kappa shape index (κ2) is 73.8. The van der Waals surface area contributed by atoms with Gasteiger partial charge in [-0.05, 0) is 148 Å². The van der Waals surface area contributed by atoms with Crippen molar-refractivity contribution in [2.45, 2.75) is 277 Å². The third-order valence-electron chi connectivity index (χ3n) is 15.3. The number of carbonyl (C=O) groups excluding carboxylic acids is 2. The molecule has 96 heavy (non-hydrogen) atoms. The molecule has 0 radical (unpaired) electrons. The number of phosphoric acid groups is 1. The summed E-state index contributed by atoms with van der Waals surface area (Å²) in [5.74, 6) is -0.821. The van der Waals surface area contributed by atoms with Gasteiger partial charge in [-0.2, -0.15) is 0 Å². The smallest absolute Gasteiger partial charge is 0.462 e. The fraction of sp³-hybridized carbons (Fsp3) is 0.581. The molecule has 2 atom stereocenters. The summed E-state index contributed by atoms with van der Waals surface area (Å²) in [6.45, 7) is 4.18. The van der Waals surface area contributed by atoms with Crippen LogP contribution in [0.15, 0.2) is 207 Å². The van der Waals surface area contributed by atoms with Crippen molar-refractivity contribution in [1.29, 1.82) is 0 Å². The molecule has 9 nitrogen and oxygen atoms in total. The number of rotatable bonds is 67. The van der Waals surface area contributed by atoms with Crippen LogP contribution in [0, 0.1) is 0 Å². The number of phosphoric ester groups is 1. The molecule has 0 amide bonds. The van der Waals surface area contributed by atoms with E-state index in [1.54, 1.807) is 0 Å². The molecular formula is C86H139NO8P+. The zero-order valence-corrected chi connectivity index (χ0v) is 62.4. The van der Waals surface area contributed by atoms with Gasteiger partial charge >= 0.3 is 19.8 Å². The monoisotopic (exact) mass is 1350 g/mol. The molecule has 0 aliphatic carbocycles. The summed E-state index contributed by atoms with van der Waals surface area (Å²) in [4.78, 5) is 36.0. The highest BCUT2D eigenvalue weighted by molar-refractivity contribution is 7.47. The first-order valence-electron chi connectivity index (χ1n) is 37.8. The Hall–Kier alpha value is -5.41. The molecule has 0 aliphatic heterocycles. The first kappa shape index (κ1) is 90.6. The average Bonchev–Trinajstić information content (AvgIpc) is 2.72. The van der Waals surface area contributed by atoms with Gasteiger partial charge in [-0.25, -0.2) is 4.57 Å². The minimum Gasteiger partial charge on any atom is -0.462 e. The van der Waals surface area contributed by atoms with Gasteiger partial charge in [-0.1, -0.05) is 317 Å². The molecule has 0 aromatic carbocycles. The van der Waals surface area contributed by atoms with E-state index in [0.29, 0.717) is 17.4 Å². The van der Waals surface area contributed by atoms with Crippen LogP contribution in [0.4, 0.5) is 0 Å². The number of unbranched alkanes of at least 4 members (excludes halogenated alkanes) is 19. The van der Waals surface area contributed by atoms with Gasteiger partial charge in [0.1, 0.15) is 19.8 Å². The number of likely N-dealkylation sites (N-methyl/N-ethyl adjacent to an activating group) is 1. The number of allylic oxidation sites excluding steroid dienone is 34. The summed E-state index contributed by atoms with van der Waals surface area (Å²) in [5.41, 5.74) is 0. The topological polar surface area (TPSA) is 108 Å². The lowest BCUT2D eigenvalue weighted by atomic mass is 10.1. The number of quaternary nitrogens is 1. The molecule has 0 aromatic heterocycles. The molecule has 0 heterocycles. The lowest BCUT2D eigenvalue weighted by molar-refractivity contribution is -0.870. The normalized spacial score (nSPS) is 14.3. The van der Waals surface area contributed by atoms with Gasteiger partial charge in [0.15, 0.2) is 6.10 Å². The molecule has 0 fully saturated rings. The summed E-state index contributed by atoms with van der Waals surface area (Å²) >= 11 is 0. The Bertz CT molecular complexity index is 2380. The van der Waals surface area contributed by atoms with Gasteiger partial charge in [-0.3, -0.25) is 18.6 Å².